The van der Waals surface area contributed by atoms with Crippen molar-refractivity contribution in [2.45, 2.75) is 6.61 Å². The van der Waals surface area contributed by atoms with Crippen LogP contribution < -0.4 is 10.5 Å². The molecule has 2 N–H and O–H groups in total. The molecule has 17 heavy (non-hydrogen) atoms. The summed E-state index contributed by atoms with van der Waals surface area (Å²) in [5, 5.41) is 4.46. The molecule has 2 aromatic rings. The van der Waals surface area contributed by atoms with Crippen LogP contribution >= 0.6 is 59.3 Å². The van der Waals surface area contributed by atoms with Gasteiger partial charge in [0.2, 0.25) is 0 Å². The Morgan fingerprint density at radius 1 is 1.24 bits per heavy atom. The van der Waals surface area contributed by atoms with E-state index in [1.807, 2.05) is 12.1 Å². The third-order valence-electron chi connectivity index (χ3n) is 1.90. The number of anilines is 1. The van der Waals surface area contributed by atoms with Crippen LogP contribution in [0, 0.1) is 0 Å². The molecule has 2 rings (SSSR count). The zero-order chi connectivity index (χ0) is 12.4. The second kappa shape index (κ2) is 5.64. The topological polar surface area (TPSA) is 61.0 Å². The first-order valence-corrected chi connectivity index (χ1v) is 7.57. The summed E-state index contributed by atoms with van der Waals surface area (Å²) in [6, 6.07) is 3.81. The van der Waals surface area contributed by atoms with Crippen molar-refractivity contribution in [2.24, 2.45) is 0 Å². The molecule has 1 heterocycles. The Morgan fingerprint density at radius 2 is 1.88 bits per heavy atom. The fourth-order valence-electron chi connectivity index (χ4n) is 1.12. The van der Waals surface area contributed by atoms with Crippen LogP contribution in [0.3, 0.4) is 0 Å². The fourth-order valence-corrected chi connectivity index (χ4v) is 4.04. The Bertz CT molecular complexity index is 523. The number of ether oxygens (including phenoxy) is 1. The minimum atomic E-state index is 0.293. The number of hydrogen-bond acceptors (Lipinski definition) is 5. The van der Waals surface area contributed by atoms with Crippen molar-refractivity contribution in [2.75, 3.05) is 5.73 Å². The minimum Gasteiger partial charge on any atom is -0.485 e. The quantitative estimate of drug-likeness (QED) is 0.779. The van der Waals surface area contributed by atoms with Crippen LogP contribution in [0.2, 0.25) is 0 Å². The number of halogens is 3. The molecule has 4 nitrogen and oxygen atoms in total. The molecule has 90 valence electrons. The largest absolute Gasteiger partial charge is 0.485 e. The summed E-state index contributed by atoms with van der Waals surface area (Å²) in [7, 11) is 0. The molecular weight excluding hydrogens is 438 g/mol. The van der Waals surface area contributed by atoms with Gasteiger partial charge in [-0.2, -0.15) is 0 Å². The van der Waals surface area contributed by atoms with Gasteiger partial charge in [-0.1, -0.05) is 20.4 Å². The number of nitrogen functional groups attached to an aromatic ring is 1. The molecule has 8 heteroatoms. The Morgan fingerprint density at radius 3 is 2.41 bits per heavy atom. The highest BCUT2D eigenvalue weighted by atomic mass is 79.9. The summed E-state index contributed by atoms with van der Waals surface area (Å²) in [5.41, 5.74) is 6.34. The molecule has 1 aromatic heterocycles. The van der Waals surface area contributed by atoms with Crippen LogP contribution in [-0.2, 0) is 6.61 Å². The van der Waals surface area contributed by atoms with Crippen LogP contribution in [0.1, 0.15) is 5.69 Å². The van der Waals surface area contributed by atoms with Crippen molar-refractivity contribution in [3.8, 4) is 5.75 Å². The molecule has 0 amide bonds. The van der Waals surface area contributed by atoms with Gasteiger partial charge in [-0.15, -0.1) is 5.10 Å². The Kier molecular flexibility index (Phi) is 4.40. The van der Waals surface area contributed by atoms with Gasteiger partial charge in [0, 0.05) is 16.0 Å². The van der Waals surface area contributed by atoms with Crippen LogP contribution in [0.5, 0.6) is 5.75 Å². The van der Waals surface area contributed by atoms with Crippen molar-refractivity contribution in [1.29, 1.82) is 0 Å². The van der Waals surface area contributed by atoms with Gasteiger partial charge in [-0.05, 0) is 44.0 Å². The second-order valence-corrected chi connectivity index (χ2v) is 6.48. The second-order valence-electron chi connectivity index (χ2n) is 3.07. The van der Waals surface area contributed by atoms with Gasteiger partial charge in [0.25, 0.3) is 0 Å². The van der Waals surface area contributed by atoms with E-state index in [0.29, 0.717) is 23.1 Å². The number of nitrogens with two attached hydrogens (primary N) is 1. The first-order valence-electron chi connectivity index (χ1n) is 4.42. The molecule has 0 saturated heterocycles. The highest BCUT2D eigenvalue weighted by Gasteiger charge is 2.11. The van der Waals surface area contributed by atoms with Gasteiger partial charge in [-0.3, -0.25) is 0 Å². The first-order chi connectivity index (χ1) is 8.08. The van der Waals surface area contributed by atoms with E-state index in [1.165, 1.54) is 0 Å². The third-order valence-corrected chi connectivity index (χ3v) is 4.13. The first kappa shape index (κ1) is 13.3. The van der Waals surface area contributed by atoms with Crippen molar-refractivity contribution in [3.63, 3.8) is 0 Å². The maximum absolute atomic E-state index is 5.69. The smallest absolute Gasteiger partial charge is 0.148 e. The molecule has 0 spiro atoms. The molecule has 0 atom stereocenters. The van der Waals surface area contributed by atoms with E-state index < -0.39 is 0 Å². The molecule has 0 aliphatic heterocycles. The standard InChI is InChI=1S/C9H6Br3N3OS/c10-4-1-5(11)8(6(12)2-4)16-3-7-9(13)17-15-14-7/h1-2H,3,13H2. The number of nitrogens with zero attached hydrogens (tertiary/aromatic N) is 2. The summed E-state index contributed by atoms with van der Waals surface area (Å²) in [6.07, 6.45) is 0. The summed E-state index contributed by atoms with van der Waals surface area (Å²) < 4.78 is 12.1. The predicted molar refractivity (Wildman–Crippen MR) is 78.2 cm³/mol. The lowest BCUT2D eigenvalue weighted by molar-refractivity contribution is 0.298. The van der Waals surface area contributed by atoms with Gasteiger partial charge < -0.3 is 10.5 Å². The van der Waals surface area contributed by atoms with Crippen LogP contribution in [0.4, 0.5) is 5.00 Å². The van der Waals surface area contributed by atoms with Crippen LogP contribution in [0.25, 0.3) is 0 Å². The Balaban J connectivity index is 2.17. The van der Waals surface area contributed by atoms with E-state index in [2.05, 4.69) is 57.4 Å². The monoisotopic (exact) mass is 441 g/mol. The average molecular weight is 444 g/mol. The SMILES string of the molecule is Nc1snnc1COc1c(Br)cc(Br)cc1Br. The normalized spacial score (nSPS) is 10.5. The Labute approximate surface area is 127 Å². The van der Waals surface area contributed by atoms with Gasteiger partial charge >= 0.3 is 0 Å². The van der Waals surface area contributed by atoms with E-state index >= 15 is 0 Å². The number of hydrogen-bond donors (Lipinski definition) is 1. The van der Waals surface area contributed by atoms with Crippen molar-refractivity contribution in [3.05, 3.63) is 31.2 Å². The lowest BCUT2D eigenvalue weighted by Crippen LogP contribution is -2.00. The molecule has 1 aromatic carbocycles. The van der Waals surface area contributed by atoms with E-state index in [1.54, 1.807) is 0 Å². The lowest BCUT2D eigenvalue weighted by atomic mass is 10.3. The summed E-state index contributed by atoms with van der Waals surface area (Å²) in [4.78, 5) is 0. The Hall–Kier alpha value is -0.180. The van der Waals surface area contributed by atoms with Crippen LogP contribution in [0.15, 0.2) is 25.6 Å². The van der Waals surface area contributed by atoms with Gasteiger partial charge in [0.15, 0.2) is 0 Å². The molecule has 0 aliphatic rings. The molecule has 0 radical (unpaired) electrons. The lowest BCUT2D eigenvalue weighted by Gasteiger charge is -2.09. The molecule has 0 bridgehead atoms. The van der Waals surface area contributed by atoms with Gasteiger partial charge in [0.05, 0.1) is 8.95 Å². The highest BCUT2D eigenvalue weighted by molar-refractivity contribution is 9.11. The van der Waals surface area contributed by atoms with Gasteiger partial charge in [0.1, 0.15) is 23.1 Å². The predicted octanol–water partition coefficient (Wildman–Crippen LogP) is 3.99. The molecule has 0 saturated carbocycles. The van der Waals surface area contributed by atoms with E-state index in [0.717, 1.165) is 25.0 Å². The number of aromatic nitrogens is 2. The van der Waals surface area contributed by atoms with Gasteiger partial charge in [-0.25, -0.2) is 0 Å². The maximum Gasteiger partial charge on any atom is 0.148 e. The molecule has 0 fully saturated rings. The molecule has 0 aliphatic carbocycles. The van der Waals surface area contributed by atoms with E-state index in [4.69, 9.17) is 10.5 Å². The average Bonchev–Trinajstić information content (AvgIpc) is 2.62. The summed E-state index contributed by atoms with van der Waals surface area (Å²) in [6.45, 7) is 0.293. The summed E-state index contributed by atoms with van der Waals surface area (Å²) >= 11 is 11.4. The molecule has 0 unspecified atom stereocenters. The van der Waals surface area contributed by atoms with E-state index in [-0.39, 0.29) is 0 Å². The van der Waals surface area contributed by atoms with Crippen molar-refractivity contribution >= 4 is 64.3 Å². The maximum atomic E-state index is 5.69. The minimum absolute atomic E-state index is 0.293. The van der Waals surface area contributed by atoms with E-state index in [9.17, 15) is 0 Å². The van der Waals surface area contributed by atoms with Crippen LogP contribution in [-0.4, -0.2) is 9.59 Å². The number of benzene rings is 1. The highest BCUT2D eigenvalue weighted by Crippen LogP contribution is 2.37. The molecular formula is C9H6Br3N3OS. The van der Waals surface area contributed by atoms with Crippen molar-refractivity contribution in [1.82, 2.24) is 9.59 Å². The zero-order valence-corrected chi connectivity index (χ0v) is 13.9. The zero-order valence-electron chi connectivity index (χ0n) is 8.28. The number of rotatable bonds is 3. The third kappa shape index (κ3) is 3.18. The summed E-state index contributed by atoms with van der Waals surface area (Å²) in [5.74, 6) is 0.709. The fraction of sp³-hybridized carbons (Fsp3) is 0.111. The van der Waals surface area contributed by atoms with Crippen molar-refractivity contribution < 1.29 is 4.74 Å².